The second-order valence-corrected chi connectivity index (χ2v) is 9.42. The lowest BCUT2D eigenvalue weighted by molar-refractivity contribution is 0.0409. The lowest BCUT2D eigenvalue weighted by atomic mass is 10.1. The van der Waals surface area contributed by atoms with Gasteiger partial charge in [-0.15, -0.1) is 11.3 Å². The van der Waals surface area contributed by atoms with E-state index in [9.17, 15) is 18.4 Å². The molecule has 2 amide bonds. The SMILES string of the molecule is CC1CN(C(=O)c2cc3ccsc3n2Cc2ccc(F)cc2)CCN1C(=O)c1ccc(F)cc1. The van der Waals surface area contributed by atoms with Crippen molar-refractivity contribution in [3.8, 4) is 0 Å². The summed E-state index contributed by atoms with van der Waals surface area (Å²) >= 11 is 1.56. The van der Waals surface area contributed by atoms with E-state index in [1.54, 1.807) is 33.3 Å². The monoisotopic (exact) mass is 479 g/mol. The Kier molecular flexibility index (Phi) is 5.91. The largest absolute Gasteiger partial charge is 0.334 e. The molecule has 3 heterocycles. The molecule has 1 atom stereocenters. The van der Waals surface area contributed by atoms with E-state index >= 15 is 0 Å². The maximum Gasteiger partial charge on any atom is 0.270 e. The summed E-state index contributed by atoms with van der Waals surface area (Å²) in [4.78, 5) is 31.0. The lowest BCUT2D eigenvalue weighted by Gasteiger charge is -2.40. The van der Waals surface area contributed by atoms with Gasteiger partial charge in [-0.1, -0.05) is 12.1 Å². The highest BCUT2D eigenvalue weighted by Gasteiger charge is 2.32. The summed E-state index contributed by atoms with van der Waals surface area (Å²) < 4.78 is 28.6. The van der Waals surface area contributed by atoms with Crippen LogP contribution in [-0.2, 0) is 6.54 Å². The molecule has 0 N–H and O–H groups in total. The van der Waals surface area contributed by atoms with E-state index in [1.807, 2.05) is 29.0 Å². The Balaban J connectivity index is 1.35. The van der Waals surface area contributed by atoms with Gasteiger partial charge >= 0.3 is 0 Å². The van der Waals surface area contributed by atoms with Crippen LogP contribution in [0.15, 0.2) is 66.0 Å². The molecule has 1 aliphatic heterocycles. The molecular formula is C26H23F2N3O2S. The number of halogens is 2. The van der Waals surface area contributed by atoms with Gasteiger partial charge in [0.05, 0.1) is 0 Å². The summed E-state index contributed by atoms with van der Waals surface area (Å²) in [6.45, 7) is 3.59. The minimum absolute atomic E-state index is 0.0914. The molecular weight excluding hydrogens is 456 g/mol. The number of piperazine rings is 1. The molecule has 34 heavy (non-hydrogen) atoms. The zero-order valence-corrected chi connectivity index (χ0v) is 19.4. The second-order valence-electron chi connectivity index (χ2n) is 8.53. The predicted molar refractivity (Wildman–Crippen MR) is 128 cm³/mol. The molecule has 5 nitrogen and oxygen atoms in total. The number of fused-ring (bicyclic) bond motifs is 1. The van der Waals surface area contributed by atoms with E-state index in [0.717, 1.165) is 15.8 Å². The number of aromatic nitrogens is 1. The molecule has 1 fully saturated rings. The van der Waals surface area contributed by atoms with Crippen molar-refractivity contribution >= 4 is 33.4 Å². The highest BCUT2D eigenvalue weighted by molar-refractivity contribution is 7.16. The number of rotatable bonds is 4. The first-order valence-electron chi connectivity index (χ1n) is 11.1. The number of thiophene rings is 1. The first-order chi connectivity index (χ1) is 16.4. The van der Waals surface area contributed by atoms with Gasteiger partial charge in [-0.25, -0.2) is 8.78 Å². The van der Waals surface area contributed by atoms with Crippen molar-refractivity contribution in [2.45, 2.75) is 19.5 Å². The Morgan fingerprint density at radius 3 is 2.29 bits per heavy atom. The molecule has 1 unspecified atom stereocenters. The number of carbonyl (C=O) groups excluding carboxylic acids is 2. The van der Waals surface area contributed by atoms with E-state index in [2.05, 4.69) is 0 Å². The second kappa shape index (κ2) is 9.02. The third kappa shape index (κ3) is 4.21. The van der Waals surface area contributed by atoms with Gasteiger partial charge in [0.15, 0.2) is 0 Å². The van der Waals surface area contributed by atoms with Gasteiger partial charge in [0.2, 0.25) is 0 Å². The van der Waals surface area contributed by atoms with Crippen LogP contribution < -0.4 is 0 Å². The maximum absolute atomic E-state index is 13.6. The fourth-order valence-electron chi connectivity index (χ4n) is 4.45. The molecule has 174 valence electrons. The Bertz CT molecular complexity index is 1340. The molecule has 0 radical (unpaired) electrons. The number of nitrogens with zero attached hydrogens (tertiary/aromatic N) is 3. The average Bonchev–Trinajstić information content (AvgIpc) is 3.42. The van der Waals surface area contributed by atoms with Crippen molar-refractivity contribution in [2.75, 3.05) is 19.6 Å². The first kappa shape index (κ1) is 22.3. The van der Waals surface area contributed by atoms with E-state index in [4.69, 9.17) is 0 Å². The van der Waals surface area contributed by atoms with E-state index in [-0.39, 0.29) is 29.5 Å². The predicted octanol–water partition coefficient (Wildman–Crippen LogP) is 5.02. The van der Waals surface area contributed by atoms with Crippen LogP contribution in [0.25, 0.3) is 10.2 Å². The standard InChI is InChI=1S/C26H23F2N3O2S/c1-17-15-29(11-12-30(17)24(32)19-4-8-22(28)9-5-19)25(33)23-14-20-10-13-34-26(20)31(23)16-18-2-6-21(27)7-3-18/h2-10,13-14,17H,11-12,15-16H2,1H3. The van der Waals surface area contributed by atoms with Crippen molar-refractivity contribution in [3.63, 3.8) is 0 Å². The molecule has 1 aliphatic rings. The highest BCUT2D eigenvalue weighted by atomic mass is 32.1. The van der Waals surface area contributed by atoms with Crippen LogP contribution in [-0.4, -0.2) is 51.9 Å². The molecule has 8 heteroatoms. The Morgan fingerprint density at radius 2 is 1.62 bits per heavy atom. The van der Waals surface area contributed by atoms with Crippen molar-refractivity contribution in [1.29, 1.82) is 0 Å². The Hall–Kier alpha value is -3.52. The number of carbonyl (C=O) groups is 2. The summed E-state index contributed by atoms with van der Waals surface area (Å²) in [7, 11) is 0. The Labute approximate surface area is 199 Å². The molecule has 2 aromatic heterocycles. The summed E-state index contributed by atoms with van der Waals surface area (Å²) in [6, 6.07) is 15.5. The topological polar surface area (TPSA) is 45.6 Å². The highest BCUT2D eigenvalue weighted by Crippen LogP contribution is 2.28. The van der Waals surface area contributed by atoms with Crippen LogP contribution in [0, 0.1) is 11.6 Å². The van der Waals surface area contributed by atoms with Crippen molar-refractivity contribution < 1.29 is 18.4 Å². The quantitative estimate of drug-likeness (QED) is 0.413. The Morgan fingerprint density at radius 1 is 0.941 bits per heavy atom. The number of hydrogen-bond acceptors (Lipinski definition) is 3. The molecule has 2 aromatic carbocycles. The summed E-state index contributed by atoms with van der Waals surface area (Å²) in [5, 5.41) is 2.98. The van der Waals surface area contributed by atoms with Crippen LogP contribution >= 0.6 is 11.3 Å². The fraction of sp³-hybridized carbons (Fsp3) is 0.231. The molecule has 0 saturated carbocycles. The van der Waals surface area contributed by atoms with Gasteiger partial charge in [0.25, 0.3) is 11.8 Å². The van der Waals surface area contributed by atoms with Crippen LogP contribution in [0.4, 0.5) is 8.78 Å². The lowest BCUT2D eigenvalue weighted by Crippen LogP contribution is -2.55. The van der Waals surface area contributed by atoms with Crippen LogP contribution in [0.2, 0.25) is 0 Å². The minimum atomic E-state index is -0.386. The summed E-state index contributed by atoms with van der Waals surface area (Å²) in [6.07, 6.45) is 0. The zero-order chi connectivity index (χ0) is 23.8. The smallest absolute Gasteiger partial charge is 0.270 e. The van der Waals surface area contributed by atoms with E-state index in [0.29, 0.717) is 37.4 Å². The molecule has 0 aliphatic carbocycles. The summed E-state index contributed by atoms with van der Waals surface area (Å²) in [5.74, 6) is -0.939. The zero-order valence-electron chi connectivity index (χ0n) is 18.6. The average molecular weight is 480 g/mol. The normalized spacial score (nSPS) is 16.3. The maximum atomic E-state index is 13.6. The summed E-state index contributed by atoms with van der Waals surface area (Å²) in [5.41, 5.74) is 1.92. The van der Waals surface area contributed by atoms with Gasteiger partial charge in [-0.05, 0) is 66.4 Å². The fourth-order valence-corrected chi connectivity index (χ4v) is 5.34. The van der Waals surface area contributed by atoms with Crippen molar-refractivity contribution in [3.05, 3.63) is 94.5 Å². The van der Waals surface area contributed by atoms with Gasteiger partial charge in [0.1, 0.15) is 22.2 Å². The molecule has 1 saturated heterocycles. The van der Waals surface area contributed by atoms with Crippen molar-refractivity contribution in [2.24, 2.45) is 0 Å². The van der Waals surface area contributed by atoms with Crippen LogP contribution in [0.1, 0.15) is 33.3 Å². The number of hydrogen-bond donors (Lipinski definition) is 0. The van der Waals surface area contributed by atoms with Gasteiger partial charge < -0.3 is 14.4 Å². The third-order valence-corrected chi connectivity index (χ3v) is 7.19. The molecule has 4 aromatic rings. The number of amides is 2. The first-order valence-corrected chi connectivity index (χ1v) is 12.0. The van der Waals surface area contributed by atoms with Crippen LogP contribution in [0.3, 0.4) is 0 Å². The van der Waals surface area contributed by atoms with E-state index < -0.39 is 0 Å². The van der Waals surface area contributed by atoms with Gasteiger partial charge in [0, 0.05) is 43.2 Å². The molecule has 0 bridgehead atoms. The van der Waals surface area contributed by atoms with Crippen molar-refractivity contribution in [1.82, 2.24) is 14.4 Å². The molecule has 0 spiro atoms. The van der Waals surface area contributed by atoms with Gasteiger partial charge in [-0.2, -0.15) is 0 Å². The molecule has 5 rings (SSSR count). The van der Waals surface area contributed by atoms with Crippen LogP contribution in [0.5, 0.6) is 0 Å². The third-order valence-electron chi connectivity index (χ3n) is 6.24. The van der Waals surface area contributed by atoms with Gasteiger partial charge in [-0.3, -0.25) is 9.59 Å². The minimum Gasteiger partial charge on any atom is -0.334 e. The van der Waals surface area contributed by atoms with E-state index in [1.165, 1.54) is 36.4 Å². The number of benzene rings is 2.